The highest BCUT2D eigenvalue weighted by Gasteiger charge is 2.29. The lowest BCUT2D eigenvalue weighted by molar-refractivity contribution is 0.415. The summed E-state index contributed by atoms with van der Waals surface area (Å²) in [4.78, 5) is 14.0. The van der Waals surface area contributed by atoms with Crippen molar-refractivity contribution in [1.82, 2.24) is 14.8 Å². The second kappa shape index (κ2) is 10.2. The van der Waals surface area contributed by atoms with Crippen LogP contribution in [0.4, 0.5) is 16.8 Å². The lowest BCUT2D eigenvalue weighted by Crippen LogP contribution is -2.47. The van der Waals surface area contributed by atoms with Crippen LogP contribution in [0.25, 0.3) is 5.57 Å². The smallest absolute Gasteiger partial charge is 0.185 e. The number of aliphatic imine (C=N–C) groups is 1. The number of benzene rings is 1. The molecule has 0 atom stereocenters. The van der Waals surface area contributed by atoms with Crippen molar-refractivity contribution in [3.8, 4) is 11.8 Å². The van der Waals surface area contributed by atoms with Crippen LogP contribution in [0.2, 0.25) is 0 Å². The highest BCUT2D eigenvalue weighted by Crippen LogP contribution is 2.37. The second-order valence-corrected chi connectivity index (χ2v) is 10.1. The predicted octanol–water partition coefficient (Wildman–Crippen LogP) is 4.36. The van der Waals surface area contributed by atoms with E-state index in [0.717, 1.165) is 59.7 Å². The number of aryl methyl sites for hydroxylation is 1. The van der Waals surface area contributed by atoms with Crippen molar-refractivity contribution in [3.05, 3.63) is 52.0 Å². The van der Waals surface area contributed by atoms with Gasteiger partial charge in [-0.1, -0.05) is 12.1 Å². The number of hydrogen-bond donors (Lipinski definition) is 1. The summed E-state index contributed by atoms with van der Waals surface area (Å²) in [5.74, 6) is 2.12. The van der Waals surface area contributed by atoms with Gasteiger partial charge in [-0.25, -0.2) is 14.7 Å². The third-order valence-corrected chi connectivity index (χ3v) is 8.02. The van der Waals surface area contributed by atoms with Crippen molar-refractivity contribution in [1.29, 1.82) is 10.7 Å². The van der Waals surface area contributed by atoms with Gasteiger partial charge in [0.15, 0.2) is 16.8 Å². The number of nitrogens with zero attached hydrogens (tertiary/aromatic N) is 7. The molecule has 0 spiro atoms. The molecule has 2 aromatic heterocycles. The summed E-state index contributed by atoms with van der Waals surface area (Å²) in [6.07, 6.45) is 3.25. The van der Waals surface area contributed by atoms with Crippen LogP contribution in [-0.2, 0) is 6.54 Å². The number of thiazole rings is 1. The van der Waals surface area contributed by atoms with E-state index in [9.17, 15) is 5.26 Å². The van der Waals surface area contributed by atoms with Crippen LogP contribution in [0.1, 0.15) is 16.8 Å². The van der Waals surface area contributed by atoms with E-state index in [1.807, 2.05) is 42.1 Å². The van der Waals surface area contributed by atoms with E-state index in [-0.39, 0.29) is 0 Å². The number of anilines is 2. The first-order valence-corrected chi connectivity index (χ1v) is 13.6. The molecule has 5 rings (SSSR count). The molecule has 1 aromatic carbocycles. The van der Waals surface area contributed by atoms with Crippen LogP contribution in [-0.4, -0.2) is 65.6 Å². The van der Waals surface area contributed by atoms with Gasteiger partial charge in [0.1, 0.15) is 16.9 Å². The van der Waals surface area contributed by atoms with Crippen LogP contribution < -0.4 is 14.5 Å². The average molecular weight is 519 g/mol. The Morgan fingerprint density at radius 3 is 2.47 bits per heavy atom. The number of nitriles is 1. The number of allylic oxidation sites excluding steroid dienone is 1. The number of nitrogens with one attached hydrogen (secondary N) is 1. The summed E-state index contributed by atoms with van der Waals surface area (Å²) in [6, 6.07) is 10.0. The minimum Gasteiger partial charge on any atom is -0.497 e. The van der Waals surface area contributed by atoms with Crippen LogP contribution in [0, 0.1) is 23.7 Å². The lowest BCUT2D eigenvalue weighted by Gasteiger charge is -2.35. The molecule has 11 heteroatoms. The van der Waals surface area contributed by atoms with Crippen molar-refractivity contribution < 1.29 is 4.74 Å². The number of fused-ring (bicyclic) bond motifs is 1. The fourth-order valence-electron chi connectivity index (χ4n) is 4.44. The van der Waals surface area contributed by atoms with Gasteiger partial charge < -0.3 is 19.9 Å². The number of piperazine rings is 1. The summed E-state index contributed by atoms with van der Waals surface area (Å²) in [5, 5.41) is 26.9. The minimum atomic E-state index is 0.386. The predicted molar refractivity (Wildman–Crippen MR) is 148 cm³/mol. The number of ether oxygens (including phenoxy) is 1. The van der Waals surface area contributed by atoms with Gasteiger partial charge in [-0.3, -0.25) is 0 Å². The Kier molecular flexibility index (Phi) is 6.80. The number of rotatable bonds is 5. The van der Waals surface area contributed by atoms with Gasteiger partial charge in [-0.2, -0.15) is 10.4 Å². The zero-order chi connectivity index (χ0) is 25.2. The number of aromatic nitrogens is 3. The van der Waals surface area contributed by atoms with E-state index in [1.54, 1.807) is 18.4 Å². The molecular weight excluding hydrogens is 492 g/mol. The molecule has 4 heterocycles. The topological polar surface area (TPSA) is 106 Å². The molecule has 1 fully saturated rings. The van der Waals surface area contributed by atoms with E-state index in [4.69, 9.17) is 20.2 Å². The first-order chi connectivity index (χ1) is 17.6. The van der Waals surface area contributed by atoms with E-state index in [1.165, 1.54) is 18.0 Å². The molecule has 1 saturated heterocycles. The van der Waals surface area contributed by atoms with Gasteiger partial charge in [-0.05, 0) is 30.9 Å². The Hall–Kier alpha value is -3.62. The van der Waals surface area contributed by atoms with E-state index in [0.29, 0.717) is 28.5 Å². The molecule has 0 aliphatic carbocycles. The molecule has 1 N–H and O–H groups in total. The Labute approximate surface area is 218 Å². The van der Waals surface area contributed by atoms with E-state index in [2.05, 4.69) is 26.2 Å². The van der Waals surface area contributed by atoms with Crippen molar-refractivity contribution >= 4 is 56.7 Å². The fraction of sp³-hybridized carbons (Fsp3) is 0.320. The lowest BCUT2D eigenvalue weighted by atomic mass is 10.0. The molecular formula is C25H26N8OS2. The zero-order valence-electron chi connectivity index (χ0n) is 20.4. The molecule has 0 amide bonds. The molecule has 0 radical (unpaired) electrons. The first-order valence-electron chi connectivity index (χ1n) is 11.5. The standard InChI is InChI=1S/C25H26N8OS2/c1-16-15-36-25(28-16)32-10-8-31(9-11-32)23-20(13-27)22-29-24(35-3)19(12-26)21(14-33(22)30-23)17-4-6-18(34-2)7-5-17/h4-7,13,15,27H,8-11,14H2,1-3H3. The molecule has 36 heavy (non-hydrogen) atoms. The maximum Gasteiger partial charge on any atom is 0.185 e. The molecule has 184 valence electrons. The quantitative estimate of drug-likeness (QED) is 0.500. The van der Waals surface area contributed by atoms with Gasteiger partial charge in [0.2, 0.25) is 0 Å². The monoisotopic (exact) mass is 518 g/mol. The van der Waals surface area contributed by atoms with Gasteiger partial charge >= 0.3 is 0 Å². The third kappa shape index (κ3) is 4.38. The molecule has 3 aromatic rings. The highest BCUT2D eigenvalue weighted by molar-refractivity contribution is 8.13. The van der Waals surface area contributed by atoms with Crippen LogP contribution in [0.3, 0.4) is 0 Å². The van der Waals surface area contributed by atoms with Crippen LogP contribution >= 0.6 is 23.1 Å². The van der Waals surface area contributed by atoms with Gasteiger partial charge in [0.05, 0.1) is 30.5 Å². The van der Waals surface area contributed by atoms with Crippen LogP contribution in [0.5, 0.6) is 5.75 Å². The maximum atomic E-state index is 10.1. The number of methoxy groups -OCH3 is 1. The Morgan fingerprint density at radius 2 is 1.89 bits per heavy atom. The van der Waals surface area contributed by atoms with E-state index >= 15 is 0 Å². The maximum absolute atomic E-state index is 10.1. The average Bonchev–Trinajstić information content (AvgIpc) is 3.46. The molecule has 0 unspecified atom stereocenters. The summed E-state index contributed by atoms with van der Waals surface area (Å²) in [5.41, 5.74) is 4.02. The third-order valence-electron chi connectivity index (χ3n) is 6.32. The molecule has 2 aliphatic rings. The summed E-state index contributed by atoms with van der Waals surface area (Å²) in [7, 11) is 1.63. The first kappa shape index (κ1) is 24.1. The minimum absolute atomic E-state index is 0.386. The van der Waals surface area contributed by atoms with Crippen molar-refractivity contribution in [2.45, 2.75) is 13.5 Å². The normalized spacial score (nSPS) is 15.8. The Bertz CT molecular complexity index is 1390. The largest absolute Gasteiger partial charge is 0.497 e. The van der Waals surface area contributed by atoms with Gasteiger partial charge in [0.25, 0.3) is 0 Å². The number of hydrogen-bond acceptors (Lipinski definition) is 10. The Morgan fingerprint density at radius 1 is 1.17 bits per heavy atom. The summed E-state index contributed by atoms with van der Waals surface area (Å²) >= 11 is 3.10. The molecule has 0 bridgehead atoms. The number of thioether (sulfide) groups is 1. The van der Waals surface area contributed by atoms with Crippen molar-refractivity contribution in [2.75, 3.05) is 49.3 Å². The van der Waals surface area contributed by atoms with E-state index < -0.39 is 0 Å². The SMILES string of the molecule is COc1ccc(C2=C(C#N)C(SC)=Nc3c(C=N)c(N4CCN(c5nc(C)cs5)CC4)nn3C2)cc1. The van der Waals surface area contributed by atoms with Crippen LogP contribution in [0.15, 0.2) is 40.2 Å². The van der Waals surface area contributed by atoms with Crippen molar-refractivity contribution in [2.24, 2.45) is 4.99 Å². The van der Waals surface area contributed by atoms with Gasteiger partial charge in [0, 0.05) is 43.3 Å². The fourth-order valence-corrected chi connectivity index (χ4v) is 5.85. The summed E-state index contributed by atoms with van der Waals surface area (Å²) < 4.78 is 7.13. The molecule has 2 aliphatic heterocycles. The molecule has 0 saturated carbocycles. The molecule has 9 nitrogen and oxygen atoms in total. The summed E-state index contributed by atoms with van der Waals surface area (Å²) in [6.45, 7) is 5.63. The Balaban J connectivity index is 1.49. The second-order valence-electron chi connectivity index (χ2n) is 8.42. The highest BCUT2D eigenvalue weighted by atomic mass is 32.2. The van der Waals surface area contributed by atoms with Crippen molar-refractivity contribution in [3.63, 3.8) is 0 Å². The zero-order valence-corrected chi connectivity index (χ0v) is 22.0. The van der Waals surface area contributed by atoms with Gasteiger partial charge in [-0.15, -0.1) is 23.1 Å².